The molecule has 6 heteroatoms. The minimum Gasteiger partial charge on any atom is -0.399 e. The lowest BCUT2D eigenvalue weighted by molar-refractivity contribution is -0.117. The van der Waals surface area contributed by atoms with Gasteiger partial charge in [0, 0.05) is 34.9 Å². The highest BCUT2D eigenvalue weighted by Gasteiger charge is 2.31. The molecule has 1 aliphatic heterocycles. The Bertz CT molecular complexity index is 626. The molecule has 2 N–H and O–H groups in total. The highest BCUT2D eigenvalue weighted by Crippen LogP contribution is 2.32. The van der Waals surface area contributed by atoms with Crippen molar-refractivity contribution >= 4 is 44.0 Å². The van der Waals surface area contributed by atoms with Gasteiger partial charge in [0.2, 0.25) is 5.91 Å². The normalized spacial score (nSPS) is 18.8. The van der Waals surface area contributed by atoms with Crippen molar-refractivity contribution in [1.29, 1.82) is 0 Å². The summed E-state index contributed by atoms with van der Waals surface area (Å²) in [5.74, 6) is 0.541. The Morgan fingerprint density at radius 2 is 2.15 bits per heavy atom. The summed E-state index contributed by atoms with van der Waals surface area (Å²) in [7, 11) is 0. The number of thiazole rings is 1. The number of nitrogens with zero attached hydrogens (tertiary/aromatic N) is 2. The van der Waals surface area contributed by atoms with Gasteiger partial charge in [0.1, 0.15) is 0 Å². The molecule has 0 aliphatic carbocycles. The largest absolute Gasteiger partial charge is 0.399 e. The van der Waals surface area contributed by atoms with Gasteiger partial charge < -0.3 is 5.73 Å². The van der Waals surface area contributed by atoms with Crippen LogP contribution in [0, 0.1) is 5.92 Å². The van der Waals surface area contributed by atoms with Crippen LogP contribution in [0.5, 0.6) is 0 Å². The molecule has 1 amide bonds. The Hall–Kier alpha value is -1.40. The van der Waals surface area contributed by atoms with Crippen molar-refractivity contribution in [1.82, 2.24) is 4.98 Å². The lowest BCUT2D eigenvalue weighted by atomic mass is 10.1. The molecule has 1 unspecified atom stereocenters. The summed E-state index contributed by atoms with van der Waals surface area (Å²) in [6.07, 6.45) is 0.599. The van der Waals surface area contributed by atoms with Crippen LogP contribution in [0.3, 0.4) is 0 Å². The van der Waals surface area contributed by atoms with Gasteiger partial charge in [-0.3, -0.25) is 9.69 Å². The summed E-state index contributed by atoms with van der Waals surface area (Å²) in [5, 5.41) is 3.62. The maximum Gasteiger partial charge on any atom is 0.229 e. The molecule has 2 heterocycles. The molecule has 4 nitrogen and oxygen atoms in total. The average molecular weight is 352 g/mol. The van der Waals surface area contributed by atoms with Gasteiger partial charge in [0.25, 0.3) is 0 Å². The van der Waals surface area contributed by atoms with Crippen molar-refractivity contribution < 1.29 is 4.79 Å². The molecule has 0 saturated carbocycles. The summed E-state index contributed by atoms with van der Waals surface area (Å²) in [6.45, 7) is 0.749. The van der Waals surface area contributed by atoms with Crippen molar-refractivity contribution in [2.45, 2.75) is 6.42 Å². The third-order valence-corrected chi connectivity index (χ3v) is 5.13. The van der Waals surface area contributed by atoms with Crippen LogP contribution in [0.2, 0.25) is 0 Å². The van der Waals surface area contributed by atoms with Crippen molar-refractivity contribution in [3.8, 4) is 11.3 Å². The lowest BCUT2D eigenvalue weighted by Gasteiger charge is -2.11. The topological polar surface area (TPSA) is 59.2 Å². The number of nitrogens with two attached hydrogens (primary N) is 1. The van der Waals surface area contributed by atoms with E-state index in [1.165, 1.54) is 11.3 Å². The number of rotatable bonds is 3. The van der Waals surface area contributed by atoms with E-state index in [0.29, 0.717) is 12.3 Å². The van der Waals surface area contributed by atoms with Crippen LogP contribution in [0.1, 0.15) is 6.42 Å². The predicted molar refractivity (Wildman–Crippen MR) is 86.2 cm³/mol. The Kier molecular flexibility index (Phi) is 3.76. The third-order valence-electron chi connectivity index (χ3n) is 3.35. The third kappa shape index (κ3) is 2.58. The molecule has 3 rings (SSSR count). The number of amides is 1. The van der Waals surface area contributed by atoms with E-state index in [9.17, 15) is 4.79 Å². The van der Waals surface area contributed by atoms with E-state index < -0.39 is 0 Å². The Labute approximate surface area is 129 Å². The number of carbonyl (C=O) groups is 1. The van der Waals surface area contributed by atoms with E-state index in [4.69, 9.17) is 5.73 Å². The van der Waals surface area contributed by atoms with E-state index in [1.807, 2.05) is 29.6 Å². The Morgan fingerprint density at radius 1 is 1.40 bits per heavy atom. The number of nitrogen functional groups attached to an aromatic ring is 1. The number of alkyl halides is 1. The fourth-order valence-corrected chi connectivity index (χ4v) is 3.54. The molecular formula is C14H14BrN3OS. The number of hydrogen-bond donors (Lipinski definition) is 1. The van der Waals surface area contributed by atoms with Crippen LogP contribution in [0.4, 0.5) is 10.8 Å². The Balaban J connectivity index is 1.83. The number of halogens is 1. The molecule has 20 heavy (non-hydrogen) atoms. The van der Waals surface area contributed by atoms with Crippen LogP contribution < -0.4 is 10.6 Å². The maximum atomic E-state index is 12.0. The predicted octanol–water partition coefficient (Wildman–Crippen LogP) is 3.14. The average Bonchev–Trinajstić information content (AvgIpc) is 3.06. The molecule has 1 aromatic heterocycles. The second-order valence-corrected chi connectivity index (χ2v) is 6.35. The molecular weight excluding hydrogens is 338 g/mol. The number of benzene rings is 1. The van der Waals surface area contributed by atoms with E-state index in [2.05, 4.69) is 20.9 Å². The molecule has 1 aliphatic rings. The summed E-state index contributed by atoms with van der Waals surface area (Å²) >= 11 is 4.95. The highest BCUT2D eigenvalue weighted by atomic mass is 79.9. The molecule has 1 aromatic carbocycles. The SMILES string of the molecule is Nc1ccc(-c2csc(N3CC(CBr)CC3=O)n2)cc1. The first-order chi connectivity index (χ1) is 9.67. The van der Waals surface area contributed by atoms with Gasteiger partial charge in [0.05, 0.1) is 5.69 Å². The van der Waals surface area contributed by atoms with E-state index >= 15 is 0 Å². The van der Waals surface area contributed by atoms with Crippen LogP contribution >= 0.6 is 27.3 Å². The van der Waals surface area contributed by atoms with Gasteiger partial charge in [-0.05, 0) is 18.1 Å². The van der Waals surface area contributed by atoms with Gasteiger partial charge >= 0.3 is 0 Å². The fraction of sp³-hybridized carbons (Fsp3) is 0.286. The van der Waals surface area contributed by atoms with Gasteiger partial charge in [-0.2, -0.15) is 0 Å². The Morgan fingerprint density at radius 3 is 2.80 bits per heavy atom. The first-order valence-corrected chi connectivity index (χ1v) is 8.35. The number of hydrogen-bond acceptors (Lipinski definition) is 4. The molecule has 0 radical (unpaired) electrons. The zero-order valence-electron chi connectivity index (χ0n) is 10.8. The standard InChI is InChI=1S/C14H14BrN3OS/c15-6-9-5-13(19)18(7-9)14-17-12(8-20-14)10-1-3-11(16)4-2-10/h1-4,8-9H,5-7,16H2. The fourth-order valence-electron chi connectivity index (χ4n) is 2.24. The summed E-state index contributed by atoms with van der Waals surface area (Å²) in [6, 6.07) is 7.61. The van der Waals surface area contributed by atoms with E-state index in [-0.39, 0.29) is 5.91 Å². The quantitative estimate of drug-likeness (QED) is 0.682. The highest BCUT2D eigenvalue weighted by molar-refractivity contribution is 9.09. The molecule has 0 bridgehead atoms. The smallest absolute Gasteiger partial charge is 0.229 e. The molecule has 0 spiro atoms. The van der Waals surface area contributed by atoms with E-state index in [0.717, 1.165) is 34.0 Å². The van der Waals surface area contributed by atoms with Gasteiger partial charge in [-0.25, -0.2) is 4.98 Å². The maximum absolute atomic E-state index is 12.0. The lowest BCUT2D eigenvalue weighted by Crippen LogP contribution is -2.24. The second-order valence-electron chi connectivity index (χ2n) is 4.87. The first-order valence-electron chi connectivity index (χ1n) is 6.35. The molecule has 1 atom stereocenters. The van der Waals surface area contributed by atoms with Crippen LogP contribution in [0.25, 0.3) is 11.3 Å². The van der Waals surface area contributed by atoms with Crippen molar-refractivity contribution in [3.63, 3.8) is 0 Å². The molecule has 2 aromatic rings. The molecule has 1 fully saturated rings. The molecule has 1 saturated heterocycles. The van der Waals surface area contributed by atoms with Gasteiger partial charge in [0.15, 0.2) is 5.13 Å². The van der Waals surface area contributed by atoms with Crippen molar-refractivity contribution in [2.75, 3.05) is 22.5 Å². The monoisotopic (exact) mass is 351 g/mol. The second kappa shape index (κ2) is 5.54. The van der Waals surface area contributed by atoms with Crippen LogP contribution in [-0.4, -0.2) is 22.8 Å². The van der Waals surface area contributed by atoms with E-state index in [1.54, 1.807) is 4.90 Å². The summed E-state index contributed by atoms with van der Waals surface area (Å²) < 4.78 is 0. The minimum absolute atomic E-state index is 0.160. The molecule has 104 valence electrons. The van der Waals surface area contributed by atoms with Gasteiger partial charge in [-0.15, -0.1) is 11.3 Å². The van der Waals surface area contributed by atoms with Gasteiger partial charge in [-0.1, -0.05) is 28.1 Å². The van der Waals surface area contributed by atoms with Crippen LogP contribution in [-0.2, 0) is 4.79 Å². The van der Waals surface area contributed by atoms with Crippen LogP contribution in [0.15, 0.2) is 29.6 Å². The zero-order chi connectivity index (χ0) is 14.1. The summed E-state index contributed by atoms with van der Waals surface area (Å²) in [4.78, 5) is 18.4. The first kappa shape index (κ1) is 13.6. The van der Waals surface area contributed by atoms with Crippen molar-refractivity contribution in [3.05, 3.63) is 29.6 Å². The number of anilines is 2. The van der Waals surface area contributed by atoms with Crippen molar-refractivity contribution in [2.24, 2.45) is 5.92 Å². The number of aromatic nitrogens is 1. The minimum atomic E-state index is 0.160. The summed E-state index contributed by atoms with van der Waals surface area (Å²) in [5.41, 5.74) is 8.33. The number of carbonyl (C=O) groups excluding carboxylic acids is 1. The zero-order valence-corrected chi connectivity index (χ0v) is 13.2.